The second kappa shape index (κ2) is 6.45. The zero-order valence-electron chi connectivity index (χ0n) is 13.8. The molecule has 1 unspecified atom stereocenters. The van der Waals surface area contributed by atoms with Crippen molar-refractivity contribution in [2.75, 3.05) is 6.54 Å². The van der Waals surface area contributed by atoms with E-state index in [2.05, 4.69) is 14.7 Å². The molecule has 0 fully saturated rings. The largest absolute Gasteiger partial charge is 0.431 e. The Bertz CT molecular complexity index is 970. The molecule has 1 aromatic rings. The van der Waals surface area contributed by atoms with Crippen molar-refractivity contribution in [3.8, 4) is 0 Å². The molecule has 0 saturated heterocycles. The molecule has 1 atom stereocenters. The van der Waals surface area contributed by atoms with Gasteiger partial charge in [-0.15, -0.1) is 0 Å². The fourth-order valence-electron chi connectivity index (χ4n) is 3.49. The number of nitrogens with zero attached hydrogens (tertiary/aromatic N) is 3. The van der Waals surface area contributed by atoms with Crippen LogP contribution in [0.4, 0.5) is 22.0 Å². The van der Waals surface area contributed by atoms with E-state index in [-0.39, 0.29) is 24.0 Å². The zero-order chi connectivity index (χ0) is 20.3. The van der Waals surface area contributed by atoms with E-state index in [9.17, 15) is 22.0 Å². The summed E-state index contributed by atoms with van der Waals surface area (Å²) < 4.78 is 69.5. The molecule has 3 heterocycles. The predicted molar refractivity (Wildman–Crippen MR) is 92.8 cm³/mol. The van der Waals surface area contributed by atoms with Gasteiger partial charge in [0.1, 0.15) is 10.7 Å². The van der Waals surface area contributed by atoms with Crippen LogP contribution in [-0.2, 0) is 10.3 Å². The summed E-state index contributed by atoms with van der Waals surface area (Å²) in [4.78, 5) is 9.61. The van der Waals surface area contributed by atoms with E-state index >= 15 is 0 Å². The highest BCUT2D eigenvalue weighted by atomic mass is 35.5. The zero-order valence-corrected chi connectivity index (χ0v) is 15.3. The number of halogens is 7. The van der Waals surface area contributed by atoms with Gasteiger partial charge in [-0.05, 0) is 24.1 Å². The average molecular weight is 438 g/mol. The van der Waals surface area contributed by atoms with Crippen molar-refractivity contribution in [1.82, 2.24) is 9.88 Å². The van der Waals surface area contributed by atoms with Crippen LogP contribution in [0.1, 0.15) is 17.5 Å². The van der Waals surface area contributed by atoms with Crippen molar-refractivity contribution in [1.29, 1.82) is 0 Å². The summed E-state index contributed by atoms with van der Waals surface area (Å²) in [5, 5.41) is 0.462. The molecule has 0 N–H and O–H groups in total. The normalized spacial score (nSPS) is 23.8. The molecule has 1 aromatic heterocycles. The average Bonchev–Trinajstić information content (AvgIpc) is 2.97. The first-order valence-electron chi connectivity index (χ1n) is 7.94. The Labute approximate surface area is 165 Å². The molecule has 4 rings (SSSR count). The van der Waals surface area contributed by atoms with Crippen LogP contribution in [0.3, 0.4) is 0 Å². The Morgan fingerprint density at radius 2 is 2.00 bits per heavy atom. The third kappa shape index (κ3) is 3.06. The lowest BCUT2D eigenvalue weighted by Gasteiger charge is -2.32. The van der Waals surface area contributed by atoms with Crippen molar-refractivity contribution in [2.24, 2.45) is 4.99 Å². The van der Waals surface area contributed by atoms with Crippen LogP contribution in [0, 0.1) is 0 Å². The minimum absolute atomic E-state index is 0.0279. The van der Waals surface area contributed by atoms with Crippen molar-refractivity contribution < 1.29 is 26.7 Å². The van der Waals surface area contributed by atoms with Gasteiger partial charge in [-0.1, -0.05) is 29.3 Å². The molecule has 148 valence electrons. The molecule has 0 saturated carbocycles. The number of hydrogen-bond acceptors (Lipinski definition) is 4. The van der Waals surface area contributed by atoms with Gasteiger partial charge >= 0.3 is 12.8 Å². The van der Waals surface area contributed by atoms with Gasteiger partial charge in [0.25, 0.3) is 0 Å². The highest BCUT2D eigenvalue weighted by Crippen LogP contribution is 2.48. The number of allylic oxidation sites excluding steroid dienone is 2. The Balaban J connectivity index is 1.84. The van der Waals surface area contributed by atoms with Crippen LogP contribution in [0.5, 0.6) is 0 Å². The van der Waals surface area contributed by atoms with E-state index in [1.807, 2.05) is 0 Å². The highest BCUT2D eigenvalue weighted by Gasteiger charge is 2.48. The van der Waals surface area contributed by atoms with Gasteiger partial charge in [0.15, 0.2) is 11.6 Å². The maximum absolute atomic E-state index is 13.2. The Kier molecular flexibility index (Phi) is 4.42. The van der Waals surface area contributed by atoms with Crippen molar-refractivity contribution in [3.05, 3.63) is 58.2 Å². The number of alkyl halides is 5. The van der Waals surface area contributed by atoms with E-state index in [1.54, 1.807) is 12.1 Å². The molecule has 1 spiro atoms. The molecule has 0 aromatic carbocycles. The number of fused-ring (bicyclic) bond motifs is 3. The number of rotatable bonds is 2. The van der Waals surface area contributed by atoms with Gasteiger partial charge < -0.3 is 9.64 Å². The molecule has 1 aliphatic carbocycles. The summed E-state index contributed by atoms with van der Waals surface area (Å²) >= 11 is 12.4. The van der Waals surface area contributed by atoms with Crippen LogP contribution >= 0.6 is 23.2 Å². The molecule has 3 aliphatic rings. The lowest BCUT2D eigenvalue weighted by Crippen LogP contribution is -2.36. The fraction of sp³-hybridized carbons (Fsp3) is 0.294. The van der Waals surface area contributed by atoms with Crippen LogP contribution in [0.25, 0.3) is 5.03 Å². The molecule has 2 aliphatic heterocycles. The molecule has 0 amide bonds. The number of hydrogen-bond donors (Lipinski definition) is 0. The number of ether oxygens (including phenoxy) is 1. The third-order valence-electron chi connectivity index (χ3n) is 4.63. The first-order chi connectivity index (χ1) is 13.1. The van der Waals surface area contributed by atoms with Crippen molar-refractivity contribution in [3.63, 3.8) is 0 Å². The van der Waals surface area contributed by atoms with E-state index in [0.717, 1.165) is 11.1 Å². The summed E-state index contributed by atoms with van der Waals surface area (Å²) in [5.74, 6) is -0.761. The topological polar surface area (TPSA) is 37.7 Å². The Morgan fingerprint density at radius 3 is 2.68 bits per heavy atom. The maximum Gasteiger partial charge on any atom is 0.417 e. The summed E-state index contributed by atoms with van der Waals surface area (Å²) in [7, 11) is 0. The molecule has 28 heavy (non-hydrogen) atoms. The second-order valence-corrected chi connectivity index (χ2v) is 7.11. The van der Waals surface area contributed by atoms with Crippen molar-refractivity contribution >= 4 is 34.1 Å². The number of amidine groups is 1. The van der Waals surface area contributed by atoms with E-state index in [4.69, 9.17) is 23.2 Å². The molecular weight excluding hydrogens is 428 g/mol. The van der Waals surface area contributed by atoms with Crippen molar-refractivity contribution in [2.45, 2.75) is 24.7 Å². The minimum Gasteiger partial charge on any atom is -0.431 e. The number of aromatic nitrogens is 1. The summed E-state index contributed by atoms with van der Waals surface area (Å²) in [5.41, 5.74) is -1.20. The molecule has 11 heteroatoms. The quantitative estimate of drug-likeness (QED) is 0.470. The van der Waals surface area contributed by atoms with Gasteiger partial charge in [0, 0.05) is 23.0 Å². The Hall–Kier alpha value is -2.13. The molecule has 0 bridgehead atoms. The van der Waals surface area contributed by atoms with Crippen LogP contribution < -0.4 is 0 Å². The smallest absolute Gasteiger partial charge is 0.417 e. The number of pyridine rings is 1. The van der Waals surface area contributed by atoms with Gasteiger partial charge in [0.05, 0.1) is 12.1 Å². The maximum atomic E-state index is 13.2. The lowest BCUT2D eigenvalue weighted by molar-refractivity contribution is -0.0981. The van der Waals surface area contributed by atoms with Gasteiger partial charge in [0.2, 0.25) is 0 Å². The van der Waals surface area contributed by atoms with E-state index in [0.29, 0.717) is 22.2 Å². The van der Waals surface area contributed by atoms with Gasteiger partial charge in [-0.25, -0.2) is 4.98 Å². The van der Waals surface area contributed by atoms with Crippen LogP contribution in [0.2, 0.25) is 5.15 Å². The predicted octanol–water partition coefficient (Wildman–Crippen LogP) is 5.21. The molecular formula is C17H10Cl2F5N3O. The second-order valence-electron chi connectivity index (χ2n) is 6.34. The number of aliphatic imine (C=N–C) groups is 1. The summed E-state index contributed by atoms with van der Waals surface area (Å²) in [6.45, 7) is -3.33. The van der Waals surface area contributed by atoms with Crippen LogP contribution in [-0.4, -0.2) is 35.1 Å². The first kappa shape index (κ1) is 19.2. The summed E-state index contributed by atoms with van der Waals surface area (Å²) in [6, 6.07) is 1.62. The fourth-order valence-corrected chi connectivity index (χ4v) is 4.07. The monoisotopic (exact) mass is 437 g/mol. The van der Waals surface area contributed by atoms with Gasteiger partial charge in [-0.2, -0.15) is 22.0 Å². The molecule has 0 radical (unpaired) electrons. The summed E-state index contributed by atoms with van der Waals surface area (Å²) in [6.07, 6.45) is -0.0822. The Morgan fingerprint density at radius 1 is 1.25 bits per heavy atom. The van der Waals surface area contributed by atoms with Crippen LogP contribution in [0.15, 0.2) is 46.9 Å². The SMILES string of the molecule is FC(F)OC1=CC(C(F)(F)F)=CN2CC3(CC=C(Cl)c4c3ccnc4Cl)N=C12. The van der Waals surface area contributed by atoms with Gasteiger partial charge in [-0.3, -0.25) is 4.99 Å². The highest BCUT2D eigenvalue weighted by molar-refractivity contribution is 6.50. The first-order valence-corrected chi connectivity index (χ1v) is 8.70. The lowest BCUT2D eigenvalue weighted by atomic mass is 9.81. The molecule has 4 nitrogen and oxygen atoms in total. The minimum atomic E-state index is -4.74. The third-order valence-corrected chi connectivity index (χ3v) is 5.26. The standard InChI is InChI=1S/C17H10Cl2F5N3O/c18-10-1-3-16(9-2-4-25-13(19)12(9)10)7-27-6-8(17(22,23)24)5-11(14(27)26-16)28-15(20)21/h1-2,4-6,15H,3,7H2. The van der Waals surface area contributed by atoms with E-state index < -0.39 is 29.7 Å². The van der Waals surface area contributed by atoms with E-state index in [1.165, 1.54) is 6.20 Å².